The van der Waals surface area contributed by atoms with Crippen LogP contribution in [-0.2, 0) is 10.0 Å². The maximum atomic E-state index is 11.9. The Balaban J connectivity index is 1.52. The van der Waals surface area contributed by atoms with E-state index in [-0.39, 0.29) is 11.8 Å². The fraction of sp³-hybridized carbons (Fsp3) is 0.667. The highest BCUT2D eigenvalue weighted by molar-refractivity contribution is 7.89. The Hall–Kier alpha value is -1.74. The van der Waals surface area contributed by atoms with Gasteiger partial charge >= 0.3 is 0 Å². The SMILES string of the molecule is CCS(=O)(=O)N(C)C1CN(c2ccc3nnc(C4CCC4)n3n2)C1. The monoisotopic (exact) mass is 350 g/mol. The van der Waals surface area contributed by atoms with Crippen LogP contribution >= 0.6 is 0 Å². The van der Waals surface area contributed by atoms with Crippen molar-refractivity contribution in [2.75, 3.05) is 30.8 Å². The van der Waals surface area contributed by atoms with E-state index in [1.54, 1.807) is 14.0 Å². The average Bonchev–Trinajstić information content (AvgIpc) is 2.87. The van der Waals surface area contributed by atoms with Crippen LogP contribution in [0, 0.1) is 0 Å². The van der Waals surface area contributed by atoms with Gasteiger partial charge in [0.1, 0.15) is 5.82 Å². The van der Waals surface area contributed by atoms with E-state index in [9.17, 15) is 8.42 Å². The molecular formula is C15H22N6O2S. The third-order valence-electron chi connectivity index (χ3n) is 5.25. The van der Waals surface area contributed by atoms with Gasteiger partial charge in [-0.2, -0.15) is 8.82 Å². The van der Waals surface area contributed by atoms with Gasteiger partial charge in [0.2, 0.25) is 10.0 Å². The summed E-state index contributed by atoms with van der Waals surface area (Å²) < 4.78 is 27.2. The molecule has 0 N–H and O–H groups in total. The second kappa shape index (κ2) is 5.66. The first kappa shape index (κ1) is 15.8. The number of fused-ring (bicyclic) bond motifs is 1. The fourth-order valence-electron chi connectivity index (χ4n) is 3.19. The van der Waals surface area contributed by atoms with E-state index in [0.29, 0.717) is 19.0 Å². The predicted molar refractivity (Wildman–Crippen MR) is 90.6 cm³/mol. The highest BCUT2D eigenvalue weighted by Crippen LogP contribution is 2.35. The van der Waals surface area contributed by atoms with Crippen LogP contribution in [0.15, 0.2) is 12.1 Å². The van der Waals surface area contributed by atoms with Gasteiger partial charge in [0.25, 0.3) is 0 Å². The molecule has 4 rings (SSSR count). The Labute approximate surface area is 141 Å². The average molecular weight is 350 g/mol. The van der Waals surface area contributed by atoms with Gasteiger partial charge in [0, 0.05) is 26.1 Å². The number of likely N-dealkylation sites (N-methyl/N-ethyl adjacent to an activating group) is 1. The zero-order valence-corrected chi connectivity index (χ0v) is 14.8. The van der Waals surface area contributed by atoms with Crippen molar-refractivity contribution in [2.24, 2.45) is 0 Å². The standard InChI is InChI=1S/C15H22N6O2S/c1-3-24(22,23)19(2)12-9-20(10-12)14-8-7-13-16-17-15(21(13)18-14)11-5-4-6-11/h7-8,11-12H,3-6,9-10H2,1-2H3. The smallest absolute Gasteiger partial charge is 0.213 e. The van der Waals surface area contributed by atoms with Gasteiger partial charge in [-0.15, -0.1) is 15.3 Å². The van der Waals surface area contributed by atoms with Gasteiger partial charge in [0.15, 0.2) is 11.5 Å². The van der Waals surface area contributed by atoms with E-state index in [0.717, 1.165) is 30.1 Å². The van der Waals surface area contributed by atoms with Crippen LogP contribution < -0.4 is 4.90 Å². The van der Waals surface area contributed by atoms with Crippen LogP contribution in [0.25, 0.3) is 5.65 Å². The summed E-state index contributed by atoms with van der Waals surface area (Å²) in [4.78, 5) is 2.09. The number of aromatic nitrogens is 4. The third kappa shape index (κ3) is 2.46. The minimum atomic E-state index is -3.14. The van der Waals surface area contributed by atoms with E-state index < -0.39 is 10.0 Å². The number of anilines is 1. The molecule has 3 heterocycles. The number of hydrogen-bond donors (Lipinski definition) is 0. The molecule has 2 aliphatic rings. The van der Waals surface area contributed by atoms with Crippen molar-refractivity contribution >= 4 is 21.5 Å². The molecular weight excluding hydrogens is 328 g/mol. The number of hydrogen-bond acceptors (Lipinski definition) is 6. The van der Waals surface area contributed by atoms with E-state index in [1.807, 2.05) is 16.6 Å². The molecule has 1 saturated carbocycles. The molecule has 130 valence electrons. The Bertz CT molecular complexity index is 854. The summed E-state index contributed by atoms with van der Waals surface area (Å²) in [6.07, 6.45) is 3.54. The van der Waals surface area contributed by atoms with Gasteiger partial charge in [-0.3, -0.25) is 0 Å². The van der Waals surface area contributed by atoms with Crippen molar-refractivity contribution in [3.63, 3.8) is 0 Å². The molecule has 0 unspecified atom stereocenters. The normalized spacial score (nSPS) is 19.7. The van der Waals surface area contributed by atoms with Crippen LogP contribution in [0.5, 0.6) is 0 Å². The maximum Gasteiger partial charge on any atom is 0.213 e. The summed E-state index contributed by atoms with van der Waals surface area (Å²) in [5, 5.41) is 13.2. The lowest BCUT2D eigenvalue weighted by Gasteiger charge is -2.43. The second-order valence-corrected chi connectivity index (χ2v) is 8.94. The topological polar surface area (TPSA) is 83.7 Å². The van der Waals surface area contributed by atoms with E-state index in [4.69, 9.17) is 0 Å². The van der Waals surface area contributed by atoms with Gasteiger partial charge in [-0.1, -0.05) is 6.42 Å². The summed E-state index contributed by atoms with van der Waals surface area (Å²) in [7, 11) is -1.48. The summed E-state index contributed by atoms with van der Waals surface area (Å²) in [6, 6.07) is 3.87. The number of nitrogens with zero attached hydrogens (tertiary/aromatic N) is 6. The van der Waals surface area contributed by atoms with E-state index in [2.05, 4.69) is 20.2 Å². The van der Waals surface area contributed by atoms with Gasteiger partial charge < -0.3 is 4.90 Å². The quantitative estimate of drug-likeness (QED) is 0.795. The minimum absolute atomic E-state index is 0.0134. The van der Waals surface area contributed by atoms with Crippen molar-refractivity contribution in [1.82, 2.24) is 24.1 Å². The van der Waals surface area contributed by atoms with Crippen molar-refractivity contribution in [1.29, 1.82) is 0 Å². The molecule has 1 saturated heterocycles. The van der Waals surface area contributed by atoms with Crippen LogP contribution in [0.2, 0.25) is 0 Å². The molecule has 2 fully saturated rings. The molecule has 2 aromatic heterocycles. The Morgan fingerprint density at radius 3 is 2.62 bits per heavy atom. The zero-order chi connectivity index (χ0) is 16.9. The largest absolute Gasteiger partial charge is 0.352 e. The molecule has 0 bridgehead atoms. The Morgan fingerprint density at radius 1 is 1.25 bits per heavy atom. The molecule has 2 aromatic rings. The lowest BCUT2D eigenvalue weighted by Crippen LogP contribution is -2.60. The van der Waals surface area contributed by atoms with Crippen molar-refractivity contribution in [3.05, 3.63) is 18.0 Å². The molecule has 8 nitrogen and oxygen atoms in total. The zero-order valence-electron chi connectivity index (χ0n) is 14.0. The van der Waals surface area contributed by atoms with Gasteiger partial charge in [-0.05, 0) is 31.9 Å². The maximum absolute atomic E-state index is 11.9. The van der Waals surface area contributed by atoms with Gasteiger partial charge in [-0.25, -0.2) is 8.42 Å². The van der Waals surface area contributed by atoms with Crippen LogP contribution in [0.3, 0.4) is 0 Å². The van der Waals surface area contributed by atoms with Gasteiger partial charge in [0.05, 0.1) is 11.8 Å². The molecule has 0 radical (unpaired) electrons. The predicted octanol–water partition coefficient (Wildman–Crippen LogP) is 0.862. The van der Waals surface area contributed by atoms with Crippen LogP contribution in [0.1, 0.15) is 37.9 Å². The van der Waals surface area contributed by atoms with Crippen molar-refractivity contribution in [2.45, 2.75) is 38.1 Å². The lowest BCUT2D eigenvalue weighted by atomic mass is 9.85. The molecule has 0 atom stereocenters. The minimum Gasteiger partial charge on any atom is -0.352 e. The summed E-state index contributed by atoms with van der Waals surface area (Å²) >= 11 is 0. The van der Waals surface area contributed by atoms with Crippen LogP contribution in [-0.4, -0.2) is 64.5 Å². The Kier molecular flexibility index (Phi) is 3.72. The van der Waals surface area contributed by atoms with Crippen molar-refractivity contribution in [3.8, 4) is 0 Å². The highest BCUT2D eigenvalue weighted by Gasteiger charge is 2.36. The summed E-state index contributed by atoms with van der Waals surface area (Å²) in [5.74, 6) is 2.39. The molecule has 0 amide bonds. The van der Waals surface area contributed by atoms with E-state index in [1.165, 1.54) is 10.7 Å². The number of sulfonamides is 1. The fourth-order valence-corrected chi connectivity index (χ4v) is 4.18. The molecule has 0 aromatic carbocycles. The molecule has 1 aliphatic carbocycles. The molecule has 24 heavy (non-hydrogen) atoms. The number of rotatable bonds is 5. The van der Waals surface area contributed by atoms with Crippen LogP contribution in [0.4, 0.5) is 5.82 Å². The highest BCUT2D eigenvalue weighted by atomic mass is 32.2. The summed E-state index contributed by atoms with van der Waals surface area (Å²) in [6.45, 7) is 3.00. The van der Waals surface area contributed by atoms with Crippen molar-refractivity contribution < 1.29 is 8.42 Å². The second-order valence-electron chi connectivity index (χ2n) is 6.62. The molecule has 0 spiro atoms. The van der Waals surface area contributed by atoms with E-state index >= 15 is 0 Å². The Morgan fingerprint density at radius 2 is 2.00 bits per heavy atom. The molecule has 1 aliphatic heterocycles. The summed E-state index contributed by atoms with van der Waals surface area (Å²) in [5.41, 5.74) is 0.767. The lowest BCUT2D eigenvalue weighted by molar-refractivity contribution is 0.309. The third-order valence-corrected chi connectivity index (χ3v) is 7.15. The first-order valence-corrected chi connectivity index (χ1v) is 10.0. The first-order chi connectivity index (χ1) is 11.5. The first-order valence-electron chi connectivity index (χ1n) is 8.42. The molecule has 9 heteroatoms.